The Morgan fingerprint density at radius 3 is 2.64 bits per heavy atom. The molecule has 5 nitrogen and oxygen atoms in total. The standard InChI is InChI=1S/C16H23N3O2S/c1-9(2)7-10(3)19(6)16(21)13-11(4)12-14(22-13)17-8-18(5)15(12)20/h8-10H,7H2,1-6H3/t10-/m1/s1. The summed E-state index contributed by atoms with van der Waals surface area (Å²) in [4.78, 5) is 32.3. The fourth-order valence-corrected chi connectivity index (χ4v) is 3.74. The maximum Gasteiger partial charge on any atom is 0.264 e. The molecule has 0 aliphatic heterocycles. The van der Waals surface area contributed by atoms with Crippen molar-refractivity contribution >= 4 is 27.5 Å². The van der Waals surface area contributed by atoms with Gasteiger partial charge in [-0.25, -0.2) is 4.98 Å². The zero-order valence-corrected chi connectivity index (χ0v) is 14.8. The second-order valence-electron chi connectivity index (χ2n) is 6.29. The van der Waals surface area contributed by atoms with E-state index in [-0.39, 0.29) is 17.5 Å². The number of hydrogen-bond acceptors (Lipinski definition) is 4. The van der Waals surface area contributed by atoms with Crippen molar-refractivity contribution < 1.29 is 4.79 Å². The number of hydrogen-bond donors (Lipinski definition) is 0. The van der Waals surface area contributed by atoms with Gasteiger partial charge >= 0.3 is 0 Å². The van der Waals surface area contributed by atoms with Gasteiger partial charge in [0.25, 0.3) is 11.5 Å². The number of aromatic nitrogens is 2. The number of fused-ring (bicyclic) bond motifs is 1. The molecule has 0 N–H and O–H groups in total. The van der Waals surface area contributed by atoms with Crippen LogP contribution in [-0.2, 0) is 7.05 Å². The van der Waals surface area contributed by atoms with E-state index in [0.717, 1.165) is 12.0 Å². The first-order valence-electron chi connectivity index (χ1n) is 7.45. The first kappa shape index (κ1) is 16.7. The Hall–Kier alpha value is -1.69. The van der Waals surface area contributed by atoms with E-state index in [1.165, 1.54) is 22.2 Å². The van der Waals surface area contributed by atoms with Crippen LogP contribution in [0.4, 0.5) is 0 Å². The van der Waals surface area contributed by atoms with Crippen molar-refractivity contribution in [2.75, 3.05) is 7.05 Å². The first-order chi connectivity index (χ1) is 10.2. The molecule has 0 bridgehead atoms. The van der Waals surface area contributed by atoms with E-state index in [2.05, 4.69) is 25.8 Å². The Balaban J connectivity index is 2.43. The predicted molar refractivity (Wildman–Crippen MR) is 90.6 cm³/mol. The number of thiophene rings is 1. The highest BCUT2D eigenvalue weighted by atomic mass is 32.1. The highest BCUT2D eigenvalue weighted by Crippen LogP contribution is 2.28. The van der Waals surface area contributed by atoms with Crippen LogP contribution in [0.5, 0.6) is 0 Å². The highest BCUT2D eigenvalue weighted by Gasteiger charge is 2.24. The highest BCUT2D eigenvalue weighted by molar-refractivity contribution is 7.20. The molecule has 2 rings (SSSR count). The van der Waals surface area contributed by atoms with Crippen molar-refractivity contribution in [3.63, 3.8) is 0 Å². The Morgan fingerprint density at radius 2 is 2.05 bits per heavy atom. The summed E-state index contributed by atoms with van der Waals surface area (Å²) in [6, 6.07) is 0.160. The first-order valence-corrected chi connectivity index (χ1v) is 8.27. The number of aryl methyl sites for hydroxylation is 2. The van der Waals surface area contributed by atoms with E-state index in [4.69, 9.17) is 0 Å². The second-order valence-corrected chi connectivity index (χ2v) is 7.29. The Morgan fingerprint density at radius 1 is 1.41 bits per heavy atom. The quantitative estimate of drug-likeness (QED) is 0.870. The molecular formula is C16H23N3O2S. The number of nitrogens with zero attached hydrogens (tertiary/aromatic N) is 3. The van der Waals surface area contributed by atoms with Gasteiger partial charge in [-0.3, -0.25) is 9.59 Å². The van der Waals surface area contributed by atoms with Crippen LogP contribution < -0.4 is 5.56 Å². The molecule has 0 saturated carbocycles. The number of amides is 1. The summed E-state index contributed by atoms with van der Waals surface area (Å²) in [6.07, 6.45) is 2.45. The van der Waals surface area contributed by atoms with Crippen LogP contribution in [0.3, 0.4) is 0 Å². The van der Waals surface area contributed by atoms with E-state index in [0.29, 0.717) is 21.0 Å². The van der Waals surface area contributed by atoms with Crippen molar-refractivity contribution in [1.82, 2.24) is 14.5 Å². The molecule has 0 unspecified atom stereocenters. The lowest BCUT2D eigenvalue weighted by molar-refractivity contribution is 0.0732. The molecule has 1 amide bonds. The molecule has 2 aromatic heterocycles. The molecule has 2 heterocycles. The Kier molecular flexibility index (Phi) is 4.70. The minimum atomic E-state index is -0.101. The molecule has 0 fully saturated rings. The summed E-state index contributed by atoms with van der Waals surface area (Å²) in [5.41, 5.74) is 0.637. The molecular weight excluding hydrogens is 298 g/mol. The number of carbonyl (C=O) groups is 1. The Bertz CT molecular complexity index is 761. The summed E-state index contributed by atoms with van der Waals surface area (Å²) in [7, 11) is 3.49. The maximum atomic E-state index is 12.8. The topological polar surface area (TPSA) is 55.2 Å². The van der Waals surface area contributed by atoms with Gasteiger partial charge in [-0.1, -0.05) is 13.8 Å². The average Bonchev–Trinajstić information content (AvgIpc) is 2.78. The van der Waals surface area contributed by atoms with Gasteiger partial charge < -0.3 is 9.47 Å². The third-order valence-corrected chi connectivity index (χ3v) is 5.19. The summed E-state index contributed by atoms with van der Waals surface area (Å²) in [5.74, 6) is 0.499. The van der Waals surface area contributed by atoms with Crippen molar-refractivity contribution in [3.8, 4) is 0 Å². The van der Waals surface area contributed by atoms with E-state index in [1.807, 2.05) is 14.0 Å². The monoisotopic (exact) mass is 321 g/mol. The molecule has 2 aromatic rings. The maximum absolute atomic E-state index is 12.8. The summed E-state index contributed by atoms with van der Waals surface area (Å²) < 4.78 is 1.45. The van der Waals surface area contributed by atoms with Crippen LogP contribution in [0, 0.1) is 12.8 Å². The van der Waals surface area contributed by atoms with Crippen molar-refractivity contribution in [2.45, 2.75) is 40.2 Å². The average molecular weight is 321 g/mol. The summed E-state index contributed by atoms with van der Waals surface area (Å²) in [5, 5.41) is 0.559. The predicted octanol–water partition coefficient (Wildman–Crippen LogP) is 2.81. The Labute approximate surface area is 134 Å². The fraction of sp³-hybridized carbons (Fsp3) is 0.562. The number of carbonyl (C=O) groups excluding carboxylic acids is 1. The smallest absolute Gasteiger partial charge is 0.264 e. The van der Waals surface area contributed by atoms with Gasteiger partial charge in [-0.15, -0.1) is 11.3 Å². The molecule has 1 atom stereocenters. The minimum Gasteiger partial charge on any atom is -0.338 e. The second kappa shape index (κ2) is 6.20. The molecule has 0 saturated heterocycles. The van der Waals surface area contributed by atoms with E-state index >= 15 is 0 Å². The van der Waals surface area contributed by atoms with Crippen LogP contribution in [0.15, 0.2) is 11.1 Å². The normalized spacial score (nSPS) is 12.9. The molecule has 0 spiro atoms. The zero-order chi connectivity index (χ0) is 16.6. The lowest BCUT2D eigenvalue weighted by Gasteiger charge is -2.26. The van der Waals surface area contributed by atoms with E-state index in [9.17, 15) is 9.59 Å². The van der Waals surface area contributed by atoms with Gasteiger partial charge in [0.15, 0.2) is 0 Å². The molecule has 120 valence electrons. The lowest BCUT2D eigenvalue weighted by atomic mass is 10.0. The molecule has 6 heteroatoms. The molecule has 0 radical (unpaired) electrons. The van der Waals surface area contributed by atoms with Gasteiger partial charge in [0, 0.05) is 20.1 Å². The van der Waals surface area contributed by atoms with Gasteiger partial charge in [-0.05, 0) is 31.7 Å². The van der Waals surface area contributed by atoms with Crippen molar-refractivity contribution in [3.05, 3.63) is 27.1 Å². The van der Waals surface area contributed by atoms with Gasteiger partial charge in [0.2, 0.25) is 0 Å². The fourth-order valence-electron chi connectivity index (χ4n) is 2.61. The zero-order valence-electron chi connectivity index (χ0n) is 14.0. The van der Waals surface area contributed by atoms with E-state index in [1.54, 1.807) is 11.9 Å². The van der Waals surface area contributed by atoms with Gasteiger partial charge in [-0.2, -0.15) is 0 Å². The van der Waals surface area contributed by atoms with E-state index < -0.39 is 0 Å². The van der Waals surface area contributed by atoms with Crippen molar-refractivity contribution in [2.24, 2.45) is 13.0 Å². The van der Waals surface area contributed by atoms with Gasteiger partial charge in [0.1, 0.15) is 4.83 Å². The number of rotatable bonds is 4. The van der Waals surface area contributed by atoms with Crippen LogP contribution in [0.25, 0.3) is 10.2 Å². The molecule has 0 aliphatic carbocycles. The molecule has 0 aliphatic rings. The summed E-state index contributed by atoms with van der Waals surface area (Å²) in [6.45, 7) is 8.17. The van der Waals surface area contributed by atoms with Gasteiger partial charge in [0.05, 0.1) is 16.6 Å². The van der Waals surface area contributed by atoms with Crippen LogP contribution in [0.2, 0.25) is 0 Å². The molecule has 0 aromatic carbocycles. The largest absolute Gasteiger partial charge is 0.338 e. The van der Waals surface area contributed by atoms with Crippen LogP contribution in [-0.4, -0.2) is 33.4 Å². The SMILES string of the molecule is Cc1c(C(=O)N(C)[C@H](C)CC(C)C)sc2ncn(C)c(=O)c12. The molecule has 22 heavy (non-hydrogen) atoms. The third kappa shape index (κ3) is 2.92. The summed E-state index contributed by atoms with van der Waals surface area (Å²) >= 11 is 1.30. The third-order valence-electron chi connectivity index (χ3n) is 4.00. The minimum absolute atomic E-state index is 0.0318. The van der Waals surface area contributed by atoms with Crippen LogP contribution in [0.1, 0.15) is 42.4 Å². The van der Waals surface area contributed by atoms with Crippen molar-refractivity contribution in [1.29, 1.82) is 0 Å². The lowest BCUT2D eigenvalue weighted by Crippen LogP contribution is -2.35. The van der Waals surface area contributed by atoms with Crippen LogP contribution >= 0.6 is 11.3 Å².